The molecule has 1 saturated carbocycles. The first-order valence-corrected chi connectivity index (χ1v) is 5.04. The summed E-state index contributed by atoms with van der Waals surface area (Å²) < 4.78 is 5.42. The molecule has 2 nitrogen and oxygen atoms in total. The minimum atomic E-state index is 0.553. The lowest BCUT2D eigenvalue weighted by Crippen LogP contribution is -2.37. The van der Waals surface area contributed by atoms with Crippen molar-refractivity contribution in [3.05, 3.63) is 0 Å². The van der Waals surface area contributed by atoms with E-state index < -0.39 is 0 Å². The molecule has 12 heavy (non-hydrogen) atoms. The number of hydrogen-bond acceptors (Lipinski definition) is 2. The molecule has 0 radical (unpaired) electrons. The normalized spacial score (nSPS) is 22.2. The third kappa shape index (κ3) is 2.76. The second kappa shape index (κ2) is 4.83. The number of ether oxygens (including phenoxy) is 1. The second-order valence-corrected chi connectivity index (χ2v) is 3.75. The predicted octanol–water partition coefficient (Wildman–Crippen LogP) is 1.66. The highest BCUT2D eigenvalue weighted by atomic mass is 16.5. The van der Waals surface area contributed by atoms with Crippen LogP contribution in [-0.2, 0) is 4.74 Å². The zero-order valence-electron chi connectivity index (χ0n) is 8.47. The second-order valence-electron chi connectivity index (χ2n) is 3.75. The zero-order chi connectivity index (χ0) is 8.97. The van der Waals surface area contributed by atoms with E-state index in [2.05, 4.69) is 19.2 Å². The van der Waals surface area contributed by atoms with Crippen molar-refractivity contribution in [3.63, 3.8) is 0 Å². The molecule has 0 aromatic heterocycles. The lowest BCUT2D eigenvalue weighted by Gasteiger charge is -2.22. The number of hydrogen-bond donors (Lipinski definition) is 1. The topological polar surface area (TPSA) is 21.3 Å². The Morgan fingerprint density at radius 2 is 2.17 bits per heavy atom. The maximum atomic E-state index is 5.42. The molecule has 0 bridgehead atoms. The summed E-state index contributed by atoms with van der Waals surface area (Å²) in [6.07, 6.45) is 2.84. The third-order valence-corrected chi connectivity index (χ3v) is 2.87. The van der Waals surface area contributed by atoms with E-state index in [-0.39, 0.29) is 0 Å². The SMILES string of the molecule is CCOCC(NC)C(C)C1CC1. The van der Waals surface area contributed by atoms with Gasteiger partial charge in [0.2, 0.25) is 0 Å². The summed E-state index contributed by atoms with van der Waals surface area (Å²) >= 11 is 0. The van der Waals surface area contributed by atoms with E-state index in [9.17, 15) is 0 Å². The highest BCUT2D eigenvalue weighted by molar-refractivity contribution is 4.85. The predicted molar refractivity (Wildman–Crippen MR) is 51.2 cm³/mol. The van der Waals surface area contributed by atoms with Gasteiger partial charge in [-0.15, -0.1) is 0 Å². The fraction of sp³-hybridized carbons (Fsp3) is 1.00. The zero-order valence-corrected chi connectivity index (χ0v) is 8.47. The molecule has 2 unspecified atom stereocenters. The van der Waals surface area contributed by atoms with Gasteiger partial charge in [-0.25, -0.2) is 0 Å². The van der Waals surface area contributed by atoms with E-state index in [1.54, 1.807) is 0 Å². The molecule has 1 aliphatic rings. The minimum Gasteiger partial charge on any atom is -0.380 e. The van der Waals surface area contributed by atoms with Crippen molar-refractivity contribution in [1.82, 2.24) is 5.32 Å². The first-order valence-electron chi connectivity index (χ1n) is 5.04. The smallest absolute Gasteiger partial charge is 0.0622 e. The number of rotatable bonds is 6. The van der Waals surface area contributed by atoms with Crippen molar-refractivity contribution in [1.29, 1.82) is 0 Å². The summed E-state index contributed by atoms with van der Waals surface area (Å²) in [5, 5.41) is 3.33. The van der Waals surface area contributed by atoms with Crippen molar-refractivity contribution < 1.29 is 4.74 Å². The fourth-order valence-corrected chi connectivity index (χ4v) is 1.69. The van der Waals surface area contributed by atoms with Crippen LogP contribution in [0.25, 0.3) is 0 Å². The van der Waals surface area contributed by atoms with Gasteiger partial charge in [-0.1, -0.05) is 6.92 Å². The maximum absolute atomic E-state index is 5.42. The highest BCUT2D eigenvalue weighted by Crippen LogP contribution is 2.38. The Kier molecular flexibility index (Phi) is 4.02. The molecule has 1 N–H and O–H groups in total. The van der Waals surface area contributed by atoms with Gasteiger partial charge in [0.25, 0.3) is 0 Å². The van der Waals surface area contributed by atoms with Crippen LogP contribution >= 0.6 is 0 Å². The van der Waals surface area contributed by atoms with Crippen LogP contribution in [0.4, 0.5) is 0 Å². The Morgan fingerprint density at radius 1 is 1.50 bits per heavy atom. The van der Waals surface area contributed by atoms with Crippen LogP contribution in [0.15, 0.2) is 0 Å². The lowest BCUT2D eigenvalue weighted by atomic mass is 9.97. The molecule has 0 saturated heterocycles. The average Bonchev–Trinajstić information content (AvgIpc) is 2.88. The fourth-order valence-electron chi connectivity index (χ4n) is 1.69. The molecule has 0 aromatic carbocycles. The Labute approximate surface area is 75.7 Å². The quantitative estimate of drug-likeness (QED) is 0.656. The molecular formula is C10H21NO. The molecule has 0 aliphatic heterocycles. The van der Waals surface area contributed by atoms with Crippen molar-refractivity contribution in [2.45, 2.75) is 32.7 Å². The van der Waals surface area contributed by atoms with Gasteiger partial charge >= 0.3 is 0 Å². The molecule has 1 fully saturated rings. The molecule has 0 aromatic rings. The number of likely N-dealkylation sites (N-methyl/N-ethyl adjacent to an activating group) is 1. The van der Waals surface area contributed by atoms with Gasteiger partial charge in [-0.2, -0.15) is 0 Å². The first kappa shape index (κ1) is 10.0. The van der Waals surface area contributed by atoms with E-state index in [1.807, 2.05) is 7.05 Å². The van der Waals surface area contributed by atoms with Crippen LogP contribution < -0.4 is 5.32 Å². The van der Waals surface area contributed by atoms with Crippen LogP contribution in [0.2, 0.25) is 0 Å². The molecule has 2 heteroatoms. The molecule has 0 spiro atoms. The Bertz CT molecular complexity index is 123. The Morgan fingerprint density at radius 3 is 2.58 bits per heavy atom. The van der Waals surface area contributed by atoms with Crippen LogP contribution in [0.3, 0.4) is 0 Å². The summed E-state index contributed by atoms with van der Waals surface area (Å²) in [7, 11) is 2.03. The summed E-state index contributed by atoms with van der Waals surface area (Å²) in [5.74, 6) is 1.74. The van der Waals surface area contributed by atoms with Crippen molar-refractivity contribution in [3.8, 4) is 0 Å². The number of nitrogens with one attached hydrogen (secondary N) is 1. The monoisotopic (exact) mass is 171 g/mol. The standard InChI is InChI=1S/C10H21NO/c1-4-12-7-10(11-3)8(2)9-5-6-9/h8-11H,4-7H2,1-3H3. The van der Waals surface area contributed by atoms with Gasteiger partial charge in [0.05, 0.1) is 6.61 Å². The molecular weight excluding hydrogens is 150 g/mol. The summed E-state index contributed by atoms with van der Waals surface area (Å²) in [6, 6.07) is 0.553. The minimum absolute atomic E-state index is 0.553. The van der Waals surface area contributed by atoms with Crippen LogP contribution in [0.5, 0.6) is 0 Å². The molecule has 0 amide bonds. The van der Waals surface area contributed by atoms with Crippen LogP contribution in [0, 0.1) is 11.8 Å². The van der Waals surface area contributed by atoms with Crippen LogP contribution in [0.1, 0.15) is 26.7 Å². The van der Waals surface area contributed by atoms with Gasteiger partial charge in [0, 0.05) is 12.6 Å². The van der Waals surface area contributed by atoms with Crippen LogP contribution in [-0.4, -0.2) is 26.3 Å². The molecule has 1 rings (SSSR count). The first-order chi connectivity index (χ1) is 5.79. The van der Waals surface area contributed by atoms with Crippen molar-refractivity contribution in [2.24, 2.45) is 11.8 Å². The third-order valence-electron chi connectivity index (χ3n) is 2.87. The van der Waals surface area contributed by atoms with Crippen molar-refractivity contribution in [2.75, 3.05) is 20.3 Å². The summed E-state index contributed by atoms with van der Waals surface area (Å²) in [6.45, 7) is 6.08. The lowest BCUT2D eigenvalue weighted by molar-refractivity contribution is 0.104. The average molecular weight is 171 g/mol. The summed E-state index contributed by atoms with van der Waals surface area (Å²) in [4.78, 5) is 0. The Hall–Kier alpha value is -0.0800. The van der Waals surface area contributed by atoms with E-state index in [0.717, 1.165) is 25.0 Å². The van der Waals surface area contributed by atoms with E-state index in [0.29, 0.717) is 6.04 Å². The van der Waals surface area contributed by atoms with Gasteiger partial charge in [0.15, 0.2) is 0 Å². The Balaban J connectivity index is 2.22. The molecule has 2 atom stereocenters. The van der Waals surface area contributed by atoms with Gasteiger partial charge < -0.3 is 10.1 Å². The van der Waals surface area contributed by atoms with E-state index in [4.69, 9.17) is 4.74 Å². The van der Waals surface area contributed by atoms with E-state index in [1.165, 1.54) is 12.8 Å². The van der Waals surface area contributed by atoms with E-state index >= 15 is 0 Å². The molecule has 0 heterocycles. The summed E-state index contributed by atoms with van der Waals surface area (Å²) in [5.41, 5.74) is 0. The molecule has 1 aliphatic carbocycles. The van der Waals surface area contributed by atoms with Gasteiger partial charge in [-0.05, 0) is 38.6 Å². The van der Waals surface area contributed by atoms with Gasteiger partial charge in [0.1, 0.15) is 0 Å². The maximum Gasteiger partial charge on any atom is 0.0622 e. The van der Waals surface area contributed by atoms with Crippen molar-refractivity contribution >= 4 is 0 Å². The largest absolute Gasteiger partial charge is 0.380 e. The molecule has 72 valence electrons. The highest BCUT2D eigenvalue weighted by Gasteiger charge is 2.32. The van der Waals surface area contributed by atoms with Gasteiger partial charge in [-0.3, -0.25) is 0 Å².